The Morgan fingerprint density at radius 1 is 0.718 bits per heavy atom. The van der Waals surface area contributed by atoms with Crippen LogP contribution in [0.25, 0.3) is 0 Å². The number of nitrogens with one attached hydrogen (secondary N) is 1. The first-order chi connectivity index (χ1) is 18.9. The van der Waals surface area contributed by atoms with Crippen molar-refractivity contribution in [3.63, 3.8) is 0 Å². The van der Waals surface area contributed by atoms with Gasteiger partial charge in [-0.2, -0.15) is 5.10 Å². The maximum absolute atomic E-state index is 12.8. The smallest absolute Gasteiger partial charge is 0.343 e. The van der Waals surface area contributed by atoms with Gasteiger partial charge in [0.1, 0.15) is 0 Å². The van der Waals surface area contributed by atoms with Gasteiger partial charge >= 0.3 is 5.97 Å². The molecule has 11 nitrogen and oxygen atoms in total. The molecule has 0 atom stereocenters. The number of carbonyl (C=O) groups excluding carboxylic acids is 2. The Morgan fingerprint density at radius 2 is 1.33 bits per heavy atom. The van der Waals surface area contributed by atoms with Gasteiger partial charge in [-0.15, -0.1) is 0 Å². The quantitative estimate of drug-likeness (QED) is 0.157. The summed E-state index contributed by atoms with van der Waals surface area (Å²) in [6.07, 6.45) is 1.43. The van der Waals surface area contributed by atoms with Crippen LogP contribution in [0.3, 0.4) is 0 Å². The summed E-state index contributed by atoms with van der Waals surface area (Å²) < 4.78 is 37.5. The van der Waals surface area contributed by atoms with Crippen LogP contribution in [0.5, 0.6) is 40.2 Å². The average Bonchev–Trinajstić information content (AvgIpc) is 2.96. The van der Waals surface area contributed by atoms with Crippen molar-refractivity contribution in [3.05, 3.63) is 65.2 Å². The number of ether oxygens (including phenoxy) is 7. The number of hydrogen-bond donors (Lipinski definition) is 1. The number of esters is 1. The first-order valence-corrected chi connectivity index (χ1v) is 11.7. The van der Waals surface area contributed by atoms with Gasteiger partial charge in [0, 0.05) is 5.56 Å². The number of methoxy groups -OCH3 is 5. The lowest BCUT2D eigenvalue weighted by Gasteiger charge is -2.13. The van der Waals surface area contributed by atoms with Crippen molar-refractivity contribution in [3.8, 4) is 40.2 Å². The van der Waals surface area contributed by atoms with Crippen LogP contribution in [0.4, 0.5) is 0 Å². The molecule has 3 aromatic carbocycles. The van der Waals surface area contributed by atoms with Gasteiger partial charge < -0.3 is 33.2 Å². The van der Waals surface area contributed by atoms with E-state index in [9.17, 15) is 9.59 Å². The summed E-state index contributed by atoms with van der Waals surface area (Å²) in [5.74, 6) is 1.39. The largest absolute Gasteiger partial charge is 0.493 e. The zero-order valence-corrected chi connectivity index (χ0v) is 22.5. The predicted octanol–water partition coefficient (Wildman–Crippen LogP) is 4.11. The fourth-order valence-corrected chi connectivity index (χ4v) is 3.52. The Kier molecular flexibility index (Phi) is 9.96. The van der Waals surface area contributed by atoms with E-state index in [4.69, 9.17) is 33.2 Å². The Morgan fingerprint density at radius 3 is 1.92 bits per heavy atom. The molecule has 0 aliphatic heterocycles. The Hall–Kier alpha value is -4.93. The van der Waals surface area contributed by atoms with Crippen LogP contribution in [0.1, 0.15) is 33.2 Å². The first-order valence-electron chi connectivity index (χ1n) is 11.7. The van der Waals surface area contributed by atoms with Gasteiger partial charge in [-0.3, -0.25) is 4.79 Å². The molecular weight excluding hydrogens is 508 g/mol. The number of carbonyl (C=O) groups is 2. The summed E-state index contributed by atoms with van der Waals surface area (Å²) in [7, 11) is 7.38. The average molecular weight is 539 g/mol. The molecule has 206 valence electrons. The number of hydrogen-bond acceptors (Lipinski definition) is 10. The molecule has 0 saturated heterocycles. The van der Waals surface area contributed by atoms with E-state index in [0.29, 0.717) is 46.7 Å². The lowest BCUT2D eigenvalue weighted by Crippen LogP contribution is -2.18. The highest BCUT2D eigenvalue weighted by Crippen LogP contribution is 2.38. The summed E-state index contributed by atoms with van der Waals surface area (Å²) in [6, 6.07) is 12.6. The van der Waals surface area contributed by atoms with Crippen LogP contribution in [-0.2, 0) is 0 Å². The molecule has 39 heavy (non-hydrogen) atoms. The van der Waals surface area contributed by atoms with Gasteiger partial charge in [0.15, 0.2) is 34.5 Å². The Labute approximate surface area is 226 Å². The zero-order chi connectivity index (χ0) is 28.4. The highest BCUT2D eigenvalue weighted by atomic mass is 16.6. The summed E-state index contributed by atoms with van der Waals surface area (Å²) in [6.45, 7) is 2.14. The van der Waals surface area contributed by atoms with E-state index in [1.54, 1.807) is 37.3 Å². The molecule has 0 saturated carbocycles. The van der Waals surface area contributed by atoms with E-state index in [2.05, 4.69) is 10.5 Å². The van der Waals surface area contributed by atoms with E-state index in [-0.39, 0.29) is 16.9 Å². The topological polar surface area (TPSA) is 123 Å². The molecule has 1 N–H and O–H groups in total. The molecule has 0 unspecified atom stereocenters. The predicted molar refractivity (Wildman–Crippen MR) is 143 cm³/mol. The van der Waals surface area contributed by atoms with E-state index in [0.717, 1.165) is 0 Å². The van der Waals surface area contributed by atoms with Crippen LogP contribution >= 0.6 is 0 Å². The molecule has 3 aromatic rings. The second-order valence-electron chi connectivity index (χ2n) is 7.71. The van der Waals surface area contributed by atoms with Crippen molar-refractivity contribution in [2.24, 2.45) is 5.10 Å². The fourth-order valence-electron chi connectivity index (χ4n) is 3.52. The molecule has 0 radical (unpaired) electrons. The van der Waals surface area contributed by atoms with Crippen LogP contribution in [0.2, 0.25) is 0 Å². The van der Waals surface area contributed by atoms with E-state index >= 15 is 0 Å². The molecule has 0 fully saturated rings. The second kappa shape index (κ2) is 13.6. The van der Waals surface area contributed by atoms with E-state index in [1.807, 2.05) is 0 Å². The van der Waals surface area contributed by atoms with Gasteiger partial charge in [0.2, 0.25) is 5.75 Å². The third-order valence-corrected chi connectivity index (χ3v) is 5.40. The Bertz CT molecular complexity index is 1330. The summed E-state index contributed by atoms with van der Waals surface area (Å²) in [5.41, 5.74) is 3.58. The van der Waals surface area contributed by atoms with Crippen LogP contribution in [0, 0.1) is 0 Å². The maximum atomic E-state index is 12.8. The third kappa shape index (κ3) is 6.89. The normalized spacial score (nSPS) is 10.5. The molecule has 0 heterocycles. The highest BCUT2D eigenvalue weighted by molar-refractivity contribution is 5.96. The molecule has 0 spiro atoms. The zero-order valence-electron chi connectivity index (χ0n) is 22.5. The monoisotopic (exact) mass is 538 g/mol. The van der Waals surface area contributed by atoms with Crippen molar-refractivity contribution in [1.82, 2.24) is 5.43 Å². The summed E-state index contributed by atoms with van der Waals surface area (Å²) in [4.78, 5) is 25.4. The third-order valence-electron chi connectivity index (χ3n) is 5.40. The summed E-state index contributed by atoms with van der Waals surface area (Å²) in [5, 5.41) is 4.02. The highest BCUT2D eigenvalue weighted by Gasteiger charge is 2.18. The molecule has 1 amide bonds. The molecule has 0 aliphatic carbocycles. The maximum Gasteiger partial charge on any atom is 0.343 e. The van der Waals surface area contributed by atoms with Gasteiger partial charge in [-0.1, -0.05) is 0 Å². The van der Waals surface area contributed by atoms with E-state index < -0.39 is 11.9 Å². The van der Waals surface area contributed by atoms with Crippen molar-refractivity contribution >= 4 is 18.1 Å². The molecule has 0 bridgehead atoms. The number of benzene rings is 3. The number of nitrogens with zero attached hydrogens (tertiary/aromatic N) is 1. The number of hydrazone groups is 1. The molecule has 0 aromatic heterocycles. The minimum atomic E-state index is -0.601. The second-order valence-corrected chi connectivity index (χ2v) is 7.71. The van der Waals surface area contributed by atoms with E-state index in [1.165, 1.54) is 60.0 Å². The van der Waals surface area contributed by atoms with Crippen molar-refractivity contribution < 1.29 is 42.7 Å². The van der Waals surface area contributed by atoms with Gasteiger partial charge in [0.05, 0.1) is 53.9 Å². The molecular formula is C28H30N2O9. The van der Waals surface area contributed by atoms with Crippen LogP contribution in [-0.4, -0.2) is 60.2 Å². The van der Waals surface area contributed by atoms with Crippen LogP contribution < -0.4 is 38.6 Å². The van der Waals surface area contributed by atoms with Gasteiger partial charge in [-0.25, -0.2) is 10.2 Å². The van der Waals surface area contributed by atoms with Gasteiger partial charge in [0.25, 0.3) is 5.91 Å². The van der Waals surface area contributed by atoms with Crippen LogP contribution in [0.15, 0.2) is 53.6 Å². The molecule has 0 aliphatic rings. The molecule has 3 rings (SSSR count). The number of amides is 1. The SMILES string of the molecule is CCOc1cc(/C=N\NC(=O)c2cc(OC)c(OC)c(OC)c2)ccc1OC(=O)c1ccc(OC)c(OC)c1. The van der Waals surface area contributed by atoms with Gasteiger partial charge in [-0.05, 0) is 61.0 Å². The standard InChI is InChI=1S/C28H30N2O9/c1-7-38-23-12-17(8-10-21(23)39-28(32)18-9-11-20(33-2)22(13-18)34-3)16-29-30-27(31)19-14-24(35-4)26(37-6)25(15-19)36-5/h8-16H,7H2,1-6H3,(H,30,31)/b29-16-. The molecule has 11 heteroatoms. The first kappa shape index (κ1) is 28.6. The Balaban J connectivity index is 1.75. The minimum Gasteiger partial charge on any atom is -0.493 e. The minimum absolute atomic E-state index is 0.218. The summed E-state index contributed by atoms with van der Waals surface area (Å²) >= 11 is 0. The van der Waals surface area contributed by atoms with Crippen molar-refractivity contribution in [2.75, 3.05) is 42.2 Å². The van der Waals surface area contributed by atoms with Crippen molar-refractivity contribution in [2.45, 2.75) is 6.92 Å². The van der Waals surface area contributed by atoms with Crippen molar-refractivity contribution in [1.29, 1.82) is 0 Å². The lowest BCUT2D eigenvalue weighted by atomic mass is 10.1. The number of rotatable bonds is 12. The lowest BCUT2D eigenvalue weighted by molar-refractivity contribution is 0.0727. The fraction of sp³-hybridized carbons (Fsp3) is 0.250.